The summed E-state index contributed by atoms with van der Waals surface area (Å²) in [7, 11) is 1.88. The molecule has 3 aromatic heterocycles. The molecule has 3 aromatic rings. The standard InChI is InChI=1S/C6H4F3N.C5H4ClN.C3H5N3/c7-6(8,9)5-3-1-2-4-10-5;6-5-3-1-2-4-7-5;1-6-2-4-5-3-6/h1-4H;1-4H;2-3H,1H3. The minimum atomic E-state index is -4.32. The van der Waals surface area contributed by atoms with E-state index in [1.165, 1.54) is 12.1 Å². The highest BCUT2D eigenvalue weighted by atomic mass is 35.5. The van der Waals surface area contributed by atoms with Gasteiger partial charge in [-0.05, 0) is 24.3 Å². The van der Waals surface area contributed by atoms with Gasteiger partial charge in [-0.15, -0.1) is 10.2 Å². The van der Waals surface area contributed by atoms with Crippen LogP contribution in [-0.4, -0.2) is 24.7 Å². The molecule has 0 aliphatic rings. The summed E-state index contributed by atoms with van der Waals surface area (Å²) >= 11 is 5.43. The van der Waals surface area contributed by atoms with Crippen LogP contribution in [0.15, 0.2) is 61.4 Å². The third-order valence-electron chi connectivity index (χ3n) is 2.12. The minimum Gasteiger partial charge on any atom is -0.323 e. The van der Waals surface area contributed by atoms with Crippen LogP contribution in [0, 0.1) is 0 Å². The molecule has 0 saturated heterocycles. The predicted octanol–water partition coefficient (Wildman–Crippen LogP) is 3.65. The number of pyridine rings is 2. The molecule has 0 N–H and O–H groups in total. The van der Waals surface area contributed by atoms with Crippen LogP contribution in [-0.2, 0) is 13.2 Å². The van der Waals surface area contributed by atoms with E-state index in [2.05, 4.69) is 20.2 Å². The molecule has 0 aliphatic heterocycles. The predicted molar refractivity (Wildman–Crippen MR) is 79.5 cm³/mol. The van der Waals surface area contributed by atoms with Crippen LogP contribution in [0.25, 0.3) is 0 Å². The van der Waals surface area contributed by atoms with E-state index in [1.807, 2.05) is 19.2 Å². The first-order chi connectivity index (χ1) is 10.9. The molecule has 0 aromatic carbocycles. The van der Waals surface area contributed by atoms with Gasteiger partial charge in [-0.25, -0.2) is 4.98 Å². The Morgan fingerprint density at radius 2 is 1.48 bits per heavy atom. The van der Waals surface area contributed by atoms with Crippen LogP contribution in [0.4, 0.5) is 13.2 Å². The molecule has 0 atom stereocenters. The third-order valence-corrected chi connectivity index (χ3v) is 2.34. The van der Waals surface area contributed by atoms with Gasteiger partial charge in [-0.3, -0.25) is 4.98 Å². The van der Waals surface area contributed by atoms with Crippen molar-refractivity contribution in [2.45, 2.75) is 6.18 Å². The van der Waals surface area contributed by atoms with E-state index in [-0.39, 0.29) is 0 Å². The van der Waals surface area contributed by atoms with Gasteiger partial charge in [0, 0.05) is 19.4 Å². The SMILES string of the molecule is Clc1ccccn1.Cn1cnnc1.FC(F)(F)c1ccccn1. The quantitative estimate of drug-likeness (QED) is 0.585. The van der Waals surface area contributed by atoms with Gasteiger partial charge in [-0.1, -0.05) is 23.7 Å². The maximum absolute atomic E-state index is 11.7. The zero-order chi connectivity index (χ0) is 17.1. The molecule has 0 aliphatic carbocycles. The van der Waals surface area contributed by atoms with Crippen LogP contribution in [0.5, 0.6) is 0 Å². The van der Waals surface area contributed by atoms with Gasteiger partial charge < -0.3 is 4.57 Å². The number of alkyl halides is 3. The van der Waals surface area contributed by atoms with Gasteiger partial charge in [0.25, 0.3) is 0 Å². The topological polar surface area (TPSA) is 56.5 Å². The summed E-state index contributed by atoms with van der Waals surface area (Å²) in [6, 6.07) is 9.08. The summed E-state index contributed by atoms with van der Waals surface area (Å²) in [5, 5.41) is 7.61. The largest absolute Gasteiger partial charge is 0.433 e. The molecule has 0 amide bonds. The van der Waals surface area contributed by atoms with Crippen molar-refractivity contribution < 1.29 is 13.2 Å². The number of halogens is 4. The van der Waals surface area contributed by atoms with Crippen LogP contribution < -0.4 is 0 Å². The third kappa shape index (κ3) is 8.52. The highest BCUT2D eigenvalue weighted by molar-refractivity contribution is 6.29. The average molecular weight is 344 g/mol. The Labute approximate surface area is 135 Å². The molecule has 0 unspecified atom stereocenters. The molecule has 3 heterocycles. The first-order valence-electron chi connectivity index (χ1n) is 6.23. The van der Waals surface area contributed by atoms with E-state index >= 15 is 0 Å². The normalized spacial score (nSPS) is 9.96. The molecule has 0 bridgehead atoms. The van der Waals surface area contributed by atoms with Crippen LogP contribution in [0.2, 0.25) is 5.15 Å². The summed E-state index contributed by atoms with van der Waals surface area (Å²) in [4.78, 5) is 6.87. The monoisotopic (exact) mass is 343 g/mol. The van der Waals surface area contributed by atoms with Crippen molar-refractivity contribution in [1.29, 1.82) is 0 Å². The Kier molecular flexibility index (Phi) is 7.69. The highest BCUT2D eigenvalue weighted by Crippen LogP contribution is 2.26. The van der Waals surface area contributed by atoms with E-state index in [4.69, 9.17) is 11.6 Å². The molecule has 122 valence electrons. The summed E-state index contributed by atoms with van der Waals surface area (Å²) < 4.78 is 37.0. The fourth-order valence-corrected chi connectivity index (χ4v) is 1.25. The van der Waals surface area contributed by atoms with Crippen molar-refractivity contribution in [3.05, 3.63) is 72.3 Å². The molecule has 0 spiro atoms. The Morgan fingerprint density at radius 1 is 0.913 bits per heavy atom. The van der Waals surface area contributed by atoms with E-state index < -0.39 is 11.9 Å². The van der Waals surface area contributed by atoms with Gasteiger partial charge in [0.05, 0.1) is 0 Å². The summed E-state index contributed by atoms with van der Waals surface area (Å²) in [5.74, 6) is 0. The average Bonchev–Trinajstić information content (AvgIpc) is 3.00. The molecule has 5 nitrogen and oxygen atoms in total. The lowest BCUT2D eigenvalue weighted by Gasteiger charge is -2.02. The zero-order valence-electron chi connectivity index (χ0n) is 12.0. The highest BCUT2D eigenvalue weighted by Gasteiger charge is 2.31. The number of rotatable bonds is 0. The first-order valence-corrected chi connectivity index (χ1v) is 6.60. The minimum absolute atomic E-state index is 0.544. The molecule has 9 heteroatoms. The number of hydrogen-bond acceptors (Lipinski definition) is 4. The van der Waals surface area contributed by atoms with Crippen molar-refractivity contribution >= 4 is 11.6 Å². The fourth-order valence-electron chi connectivity index (χ4n) is 1.12. The van der Waals surface area contributed by atoms with Crippen LogP contribution in [0.1, 0.15) is 5.69 Å². The van der Waals surface area contributed by atoms with Crippen LogP contribution >= 0.6 is 11.6 Å². The van der Waals surface area contributed by atoms with E-state index in [0.29, 0.717) is 5.15 Å². The fraction of sp³-hybridized carbons (Fsp3) is 0.143. The van der Waals surface area contributed by atoms with Crippen molar-refractivity contribution in [3.63, 3.8) is 0 Å². The van der Waals surface area contributed by atoms with Gasteiger partial charge in [0.1, 0.15) is 23.5 Å². The first kappa shape index (κ1) is 18.6. The lowest BCUT2D eigenvalue weighted by Crippen LogP contribution is -2.06. The van der Waals surface area contributed by atoms with Crippen LogP contribution in [0.3, 0.4) is 0 Å². The lowest BCUT2D eigenvalue weighted by molar-refractivity contribution is -0.141. The van der Waals surface area contributed by atoms with Crippen molar-refractivity contribution in [3.8, 4) is 0 Å². The number of nitrogens with zero attached hydrogens (tertiary/aromatic N) is 5. The number of aromatic nitrogens is 5. The molecule has 0 saturated carbocycles. The van der Waals surface area contributed by atoms with Crippen molar-refractivity contribution in [1.82, 2.24) is 24.7 Å². The second kappa shape index (κ2) is 9.52. The Balaban J connectivity index is 0.000000179. The molecule has 3 rings (SSSR count). The smallest absolute Gasteiger partial charge is 0.323 e. The van der Waals surface area contributed by atoms with E-state index in [0.717, 1.165) is 12.3 Å². The summed E-state index contributed by atoms with van der Waals surface area (Å²) in [5.41, 5.74) is -0.852. The lowest BCUT2D eigenvalue weighted by atomic mass is 10.3. The molecule has 0 radical (unpaired) electrons. The zero-order valence-corrected chi connectivity index (χ0v) is 12.8. The number of hydrogen-bond donors (Lipinski definition) is 0. The molecule has 23 heavy (non-hydrogen) atoms. The number of aryl methyl sites for hydroxylation is 1. The van der Waals surface area contributed by atoms with Crippen molar-refractivity contribution in [2.24, 2.45) is 7.05 Å². The maximum Gasteiger partial charge on any atom is 0.433 e. The molecular weight excluding hydrogens is 331 g/mol. The second-order valence-electron chi connectivity index (χ2n) is 3.99. The van der Waals surface area contributed by atoms with Gasteiger partial charge in [-0.2, -0.15) is 13.2 Å². The molecule has 0 fully saturated rings. The second-order valence-corrected chi connectivity index (χ2v) is 4.38. The Morgan fingerprint density at radius 3 is 1.70 bits per heavy atom. The Hall–Kier alpha value is -2.48. The maximum atomic E-state index is 11.7. The molecular formula is C14H13ClF3N5. The van der Waals surface area contributed by atoms with E-state index in [9.17, 15) is 13.2 Å². The van der Waals surface area contributed by atoms with Gasteiger partial charge in [0.15, 0.2) is 0 Å². The van der Waals surface area contributed by atoms with Crippen molar-refractivity contribution in [2.75, 3.05) is 0 Å². The van der Waals surface area contributed by atoms with E-state index in [1.54, 1.807) is 29.5 Å². The van der Waals surface area contributed by atoms with Gasteiger partial charge >= 0.3 is 6.18 Å². The Bertz CT molecular complexity index is 645. The van der Waals surface area contributed by atoms with Gasteiger partial charge in [0.2, 0.25) is 0 Å². The summed E-state index contributed by atoms with van der Waals surface area (Å²) in [6.45, 7) is 0. The summed E-state index contributed by atoms with van der Waals surface area (Å²) in [6.07, 6.45) is 1.73.